The van der Waals surface area contributed by atoms with Crippen LogP contribution in [0, 0.1) is 5.92 Å². The van der Waals surface area contributed by atoms with E-state index < -0.39 is 0 Å². The Morgan fingerprint density at radius 3 is 2.89 bits per heavy atom. The molecule has 0 radical (unpaired) electrons. The van der Waals surface area contributed by atoms with Gasteiger partial charge < -0.3 is 10.4 Å². The first-order valence-corrected chi connectivity index (χ1v) is 7.59. The average molecular weight is 265 g/mol. The molecule has 1 aromatic rings. The zero-order valence-corrected chi connectivity index (χ0v) is 12.4. The quantitative estimate of drug-likeness (QED) is 0.829. The molecule has 2 N–H and O–H groups in total. The van der Waals surface area contributed by atoms with Crippen molar-refractivity contribution in [2.24, 2.45) is 13.0 Å². The molecule has 2 unspecified atom stereocenters. The number of nitrogens with one attached hydrogen (secondary N) is 1. The summed E-state index contributed by atoms with van der Waals surface area (Å²) in [6.45, 7) is 4.99. The molecule has 1 aliphatic rings. The molecule has 4 nitrogen and oxygen atoms in total. The Kier molecular flexibility index (Phi) is 4.99. The largest absolute Gasteiger partial charge is 0.392 e. The van der Waals surface area contributed by atoms with E-state index in [0.29, 0.717) is 18.5 Å². The van der Waals surface area contributed by atoms with Crippen molar-refractivity contribution < 1.29 is 5.11 Å². The van der Waals surface area contributed by atoms with Crippen molar-refractivity contribution in [2.45, 2.75) is 58.1 Å². The standard InChI is InChI=1S/C15H27N3O/c1-4-11(5-2)15(19)10-16-13-7-6-8-14-12(13)9-17-18(14)3/h9,11,13,15-16,19H,4-8,10H2,1-3H3. The van der Waals surface area contributed by atoms with Gasteiger partial charge in [0.25, 0.3) is 0 Å². The Morgan fingerprint density at radius 2 is 2.21 bits per heavy atom. The Bertz CT molecular complexity index is 398. The van der Waals surface area contributed by atoms with E-state index in [1.807, 2.05) is 17.9 Å². The molecule has 2 atom stereocenters. The first-order chi connectivity index (χ1) is 9.17. The number of rotatable bonds is 6. The molecule has 19 heavy (non-hydrogen) atoms. The summed E-state index contributed by atoms with van der Waals surface area (Å²) in [6.07, 6.45) is 7.30. The number of aliphatic hydroxyl groups is 1. The van der Waals surface area contributed by atoms with Gasteiger partial charge in [-0.1, -0.05) is 26.7 Å². The molecule has 1 heterocycles. The first kappa shape index (κ1) is 14.5. The van der Waals surface area contributed by atoms with Crippen molar-refractivity contribution in [2.75, 3.05) is 6.54 Å². The fraction of sp³-hybridized carbons (Fsp3) is 0.800. The smallest absolute Gasteiger partial charge is 0.0692 e. The second kappa shape index (κ2) is 6.53. The maximum atomic E-state index is 10.2. The summed E-state index contributed by atoms with van der Waals surface area (Å²) in [6, 6.07) is 0.362. The lowest BCUT2D eigenvalue weighted by Gasteiger charge is -2.27. The van der Waals surface area contributed by atoms with Crippen LogP contribution in [0.15, 0.2) is 6.20 Å². The van der Waals surface area contributed by atoms with Gasteiger partial charge in [-0.05, 0) is 25.2 Å². The van der Waals surface area contributed by atoms with E-state index >= 15 is 0 Å². The molecule has 2 rings (SSSR count). The van der Waals surface area contributed by atoms with E-state index in [1.54, 1.807) is 0 Å². The third-order valence-corrected chi connectivity index (χ3v) is 4.54. The monoisotopic (exact) mass is 265 g/mol. The van der Waals surface area contributed by atoms with Crippen LogP contribution in [0.3, 0.4) is 0 Å². The lowest BCUT2D eigenvalue weighted by Crippen LogP contribution is -2.35. The van der Waals surface area contributed by atoms with Crippen LogP contribution in [0.5, 0.6) is 0 Å². The topological polar surface area (TPSA) is 50.1 Å². The van der Waals surface area contributed by atoms with Crippen LogP contribution >= 0.6 is 0 Å². The Labute approximate surface area is 116 Å². The summed E-state index contributed by atoms with van der Waals surface area (Å²) in [5.41, 5.74) is 2.67. The number of hydrogen-bond donors (Lipinski definition) is 2. The predicted octanol–water partition coefficient (Wildman–Crippen LogP) is 2.18. The molecule has 0 aromatic carbocycles. The van der Waals surface area contributed by atoms with Gasteiger partial charge in [0.2, 0.25) is 0 Å². The molecule has 1 aliphatic carbocycles. The fourth-order valence-electron chi connectivity index (χ4n) is 3.18. The first-order valence-electron chi connectivity index (χ1n) is 7.59. The van der Waals surface area contributed by atoms with Crippen molar-refractivity contribution in [1.82, 2.24) is 15.1 Å². The minimum Gasteiger partial charge on any atom is -0.392 e. The Balaban J connectivity index is 1.94. The molecule has 0 aliphatic heterocycles. The van der Waals surface area contributed by atoms with Crippen molar-refractivity contribution >= 4 is 0 Å². The molecule has 0 spiro atoms. The van der Waals surface area contributed by atoms with Gasteiger partial charge in [0.05, 0.1) is 12.3 Å². The van der Waals surface area contributed by atoms with Crippen molar-refractivity contribution in [3.8, 4) is 0 Å². The predicted molar refractivity (Wildman–Crippen MR) is 77.0 cm³/mol. The van der Waals surface area contributed by atoms with Gasteiger partial charge in [0.15, 0.2) is 0 Å². The minimum absolute atomic E-state index is 0.239. The summed E-state index contributed by atoms with van der Waals surface area (Å²) in [7, 11) is 2.01. The van der Waals surface area contributed by atoms with E-state index in [0.717, 1.165) is 25.7 Å². The van der Waals surface area contributed by atoms with Gasteiger partial charge in [0, 0.05) is 30.9 Å². The number of nitrogens with zero attached hydrogens (tertiary/aromatic N) is 2. The highest BCUT2D eigenvalue weighted by atomic mass is 16.3. The van der Waals surface area contributed by atoms with E-state index in [1.165, 1.54) is 17.7 Å². The number of fused-ring (bicyclic) bond motifs is 1. The molecule has 0 amide bonds. The molecule has 0 saturated heterocycles. The van der Waals surface area contributed by atoms with Crippen LogP contribution in [0.2, 0.25) is 0 Å². The Hall–Kier alpha value is -0.870. The number of aliphatic hydroxyl groups excluding tert-OH is 1. The zero-order valence-electron chi connectivity index (χ0n) is 12.4. The minimum atomic E-state index is -0.239. The van der Waals surface area contributed by atoms with Crippen molar-refractivity contribution in [3.05, 3.63) is 17.5 Å². The van der Waals surface area contributed by atoms with E-state index in [-0.39, 0.29) is 6.10 Å². The van der Waals surface area contributed by atoms with Crippen LogP contribution in [0.25, 0.3) is 0 Å². The van der Waals surface area contributed by atoms with E-state index in [4.69, 9.17) is 0 Å². The summed E-state index contributed by atoms with van der Waals surface area (Å²) in [5, 5.41) is 18.1. The Morgan fingerprint density at radius 1 is 1.47 bits per heavy atom. The SMILES string of the molecule is CCC(CC)C(O)CNC1CCCc2c1cnn2C. The second-order valence-corrected chi connectivity index (χ2v) is 5.67. The summed E-state index contributed by atoms with van der Waals surface area (Å²) in [4.78, 5) is 0. The van der Waals surface area contributed by atoms with Crippen LogP contribution in [-0.4, -0.2) is 27.5 Å². The molecule has 0 bridgehead atoms. The van der Waals surface area contributed by atoms with Crippen molar-refractivity contribution in [3.63, 3.8) is 0 Å². The van der Waals surface area contributed by atoms with Crippen LogP contribution in [0.1, 0.15) is 56.8 Å². The summed E-state index contributed by atoms with van der Waals surface area (Å²) < 4.78 is 1.99. The molecular formula is C15H27N3O. The lowest BCUT2D eigenvalue weighted by molar-refractivity contribution is 0.0974. The highest BCUT2D eigenvalue weighted by Gasteiger charge is 2.24. The van der Waals surface area contributed by atoms with E-state index in [9.17, 15) is 5.11 Å². The number of aromatic nitrogens is 2. The van der Waals surface area contributed by atoms with Crippen LogP contribution in [0.4, 0.5) is 0 Å². The highest BCUT2D eigenvalue weighted by molar-refractivity contribution is 5.24. The zero-order chi connectivity index (χ0) is 13.8. The van der Waals surface area contributed by atoms with Crippen molar-refractivity contribution in [1.29, 1.82) is 0 Å². The van der Waals surface area contributed by atoms with Crippen LogP contribution < -0.4 is 5.32 Å². The van der Waals surface area contributed by atoms with E-state index in [2.05, 4.69) is 24.3 Å². The molecule has 0 fully saturated rings. The average Bonchev–Trinajstić information content (AvgIpc) is 2.80. The molecular weight excluding hydrogens is 238 g/mol. The number of hydrogen-bond acceptors (Lipinski definition) is 3. The van der Waals surface area contributed by atoms with Gasteiger partial charge in [-0.15, -0.1) is 0 Å². The van der Waals surface area contributed by atoms with Gasteiger partial charge in [-0.25, -0.2) is 0 Å². The van der Waals surface area contributed by atoms with Gasteiger partial charge in [-0.3, -0.25) is 4.68 Å². The van der Waals surface area contributed by atoms with Gasteiger partial charge in [0.1, 0.15) is 0 Å². The third kappa shape index (κ3) is 3.18. The van der Waals surface area contributed by atoms with Gasteiger partial charge in [-0.2, -0.15) is 5.10 Å². The third-order valence-electron chi connectivity index (χ3n) is 4.54. The molecule has 0 saturated carbocycles. The highest BCUT2D eigenvalue weighted by Crippen LogP contribution is 2.29. The summed E-state index contributed by atoms with van der Waals surface area (Å²) in [5.74, 6) is 0.407. The lowest BCUT2D eigenvalue weighted by atomic mass is 9.92. The maximum Gasteiger partial charge on any atom is 0.0692 e. The molecule has 4 heteroatoms. The second-order valence-electron chi connectivity index (χ2n) is 5.67. The molecule has 108 valence electrons. The van der Waals surface area contributed by atoms with Crippen LogP contribution in [-0.2, 0) is 13.5 Å². The fourth-order valence-corrected chi connectivity index (χ4v) is 3.18. The normalized spacial score (nSPS) is 20.6. The molecule has 1 aromatic heterocycles. The summed E-state index contributed by atoms with van der Waals surface area (Å²) >= 11 is 0. The number of aryl methyl sites for hydroxylation is 1. The van der Waals surface area contributed by atoms with Gasteiger partial charge >= 0.3 is 0 Å². The maximum absolute atomic E-state index is 10.2.